The molecule has 1 amide bonds. The lowest BCUT2D eigenvalue weighted by atomic mass is 9.95. The number of fused-ring (bicyclic) bond motifs is 1. The fraction of sp³-hybridized carbons (Fsp3) is 0.467. The summed E-state index contributed by atoms with van der Waals surface area (Å²) in [5.41, 5.74) is 1.37. The van der Waals surface area contributed by atoms with Crippen LogP contribution in [0.25, 0.3) is 21.9 Å². The second kappa shape index (κ2) is 10.4. The van der Waals surface area contributed by atoms with E-state index >= 15 is 4.39 Å². The third-order valence-corrected chi connectivity index (χ3v) is 10.4. The first-order valence-corrected chi connectivity index (χ1v) is 15.6. The van der Waals surface area contributed by atoms with Crippen LogP contribution >= 0.6 is 0 Å². The highest BCUT2D eigenvalue weighted by atomic mass is 32.2. The van der Waals surface area contributed by atoms with Crippen LogP contribution in [-0.2, 0) is 16.6 Å². The number of piperidine rings is 1. The minimum Gasteiger partial charge on any atom is -0.349 e. The number of hydrogen-bond donors (Lipinski definition) is 2. The first-order chi connectivity index (χ1) is 19.2. The quantitative estimate of drug-likeness (QED) is 0.432. The third kappa shape index (κ3) is 5.20. The number of rotatable bonds is 8. The van der Waals surface area contributed by atoms with Crippen LogP contribution in [0.2, 0.25) is 0 Å². The van der Waals surface area contributed by atoms with Gasteiger partial charge in [-0.15, -0.1) is 0 Å². The lowest BCUT2D eigenvalue weighted by Crippen LogP contribution is -2.44. The van der Waals surface area contributed by atoms with Gasteiger partial charge in [-0.25, -0.2) is 12.8 Å². The van der Waals surface area contributed by atoms with Gasteiger partial charge in [-0.05, 0) is 99.4 Å². The topological polar surface area (TPSA) is 101 Å². The maximum atomic E-state index is 15.0. The van der Waals surface area contributed by atoms with E-state index in [0.29, 0.717) is 65.9 Å². The Morgan fingerprint density at radius 2 is 1.73 bits per heavy atom. The number of aromatic nitrogens is 1. The smallest absolute Gasteiger partial charge is 0.258 e. The van der Waals surface area contributed by atoms with Crippen LogP contribution in [0.1, 0.15) is 54.4 Å². The average molecular weight is 567 g/mol. The molecule has 8 nitrogen and oxygen atoms in total. The molecule has 3 aromatic rings. The van der Waals surface area contributed by atoms with Crippen molar-refractivity contribution in [2.45, 2.75) is 69.0 Å². The molecular weight excluding hydrogens is 531 g/mol. The van der Waals surface area contributed by atoms with Gasteiger partial charge in [-0.3, -0.25) is 9.59 Å². The molecule has 2 saturated carbocycles. The Kier molecular flexibility index (Phi) is 7.04. The minimum absolute atomic E-state index is 0.0910. The zero-order valence-electron chi connectivity index (χ0n) is 22.9. The zero-order chi connectivity index (χ0) is 28.2. The van der Waals surface area contributed by atoms with Gasteiger partial charge in [-0.2, -0.15) is 4.31 Å². The number of pyridine rings is 1. The molecule has 2 N–H and O–H groups in total. The van der Waals surface area contributed by atoms with E-state index in [4.69, 9.17) is 0 Å². The van der Waals surface area contributed by atoms with E-state index in [-0.39, 0.29) is 34.0 Å². The number of amides is 1. The first kappa shape index (κ1) is 27.1. The largest absolute Gasteiger partial charge is 0.349 e. The van der Waals surface area contributed by atoms with Crippen LogP contribution in [0, 0.1) is 18.7 Å². The summed E-state index contributed by atoms with van der Waals surface area (Å²) < 4.78 is 46.2. The van der Waals surface area contributed by atoms with Crippen molar-refractivity contribution in [2.75, 3.05) is 20.1 Å². The molecule has 2 aliphatic carbocycles. The first-order valence-electron chi connectivity index (χ1n) is 14.1. The van der Waals surface area contributed by atoms with Crippen LogP contribution in [0.4, 0.5) is 4.39 Å². The van der Waals surface area contributed by atoms with Crippen LogP contribution in [0.3, 0.4) is 0 Å². The lowest BCUT2D eigenvalue weighted by molar-refractivity contribution is 0.0950. The van der Waals surface area contributed by atoms with Crippen molar-refractivity contribution in [1.82, 2.24) is 19.5 Å². The molecule has 1 aliphatic heterocycles. The molecule has 2 aromatic carbocycles. The van der Waals surface area contributed by atoms with Gasteiger partial charge < -0.3 is 15.2 Å². The van der Waals surface area contributed by atoms with E-state index in [0.717, 1.165) is 25.7 Å². The Bertz CT molecular complexity index is 1650. The maximum Gasteiger partial charge on any atom is 0.258 e. The summed E-state index contributed by atoms with van der Waals surface area (Å²) in [5.74, 6) is -0.468. The number of hydrogen-bond acceptors (Lipinski definition) is 5. The molecule has 3 aliphatic rings. The van der Waals surface area contributed by atoms with Gasteiger partial charge in [-0.1, -0.05) is 6.07 Å². The second-order valence-electron chi connectivity index (χ2n) is 11.5. The van der Waals surface area contributed by atoms with Crippen LogP contribution in [0.5, 0.6) is 0 Å². The molecule has 10 heteroatoms. The Morgan fingerprint density at radius 1 is 1.00 bits per heavy atom. The summed E-state index contributed by atoms with van der Waals surface area (Å²) in [6.07, 6.45) is 6.79. The minimum atomic E-state index is -3.91. The van der Waals surface area contributed by atoms with Crippen molar-refractivity contribution in [1.29, 1.82) is 0 Å². The number of sulfonamides is 1. The number of carbonyl (C=O) groups is 1. The molecule has 0 atom stereocenters. The van der Waals surface area contributed by atoms with Gasteiger partial charge in [0.15, 0.2) is 0 Å². The number of carbonyl (C=O) groups excluding carboxylic acids is 1. The molecule has 0 spiro atoms. The predicted octanol–water partition coefficient (Wildman–Crippen LogP) is 3.79. The Labute approximate surface area is 233 Å². The summed E-state index contributed by atoms with van der Waals surface area (Å²) >= 11 is 0. The summed E-state index contributed by atoms with van der Waals surface area (Å²) in [6, 6.07) is 8.28. The van der Waals surface area contributed by atoms with Crippen molar-refractivity contribution in [3.63, 3.8) is 0 Å². The number of halogens is 1. The Balaban J connectivity index is 1.48. The van der Waals surface area contributed by atoms with E-state index < -0.39 is 15.8 Å². The lowest BCUT2D eigenvalue weighted by Gasteiger charge is -2.31. The standard InChI is InChI=1S/C30H35FN4O4S/c1-18-25(14-21(15-27(18)31)29(36)33-23-6-7-23)20-5-8-24-26(13-20)28(17-34(30(24)37)16-19-3-4-19)40(38,39)35-11-9-22(32-2)10-12-35/h5,8,13-15,17,19,22-23,32H,3-4,6-7,9-12,16H2,1-2H3,(H,33,36). The third-order valence-electron chi connectivity index (χ3n) is 8.51. The fourth-order valence-electron chi connectivity index (χ4n) is 5.58. The van der Waals surface area contributed by atoms with Gasteiger partial charge in [0.05, 0.1) is 0 Å². The van der Waals surface area contributed by atoms with Crippen molar-refractivity contribution in [3.05, 3.63) is 63.8 Å². The molecule has 212 valence electrons. The normalized spacial score (nSPS) is 18.8. The molecular formula is C30H35FN4O4S. The van der Waals surface area contributed by atoms with Gasteiger partial charge in [0.1, 0.15) is 10.7 Å². The Hall–Kier alpha value is -3.08. The zero-order valence-corrected chi connectivity index (χ0v) is 23.7. The van der Waals surface area contributed by atoms with E-state index in [1.54, 1.807) is 35.8 Å². The van der Waals surface area contributed by atoms with Crippen molar-refractivity contribution < 1.29 is 17.6 Å². The molecule has 3 fully saturated rings. The molecule has 6 rings (SSSR count). The van der Waals surface area contributed by atoms with Crippen molar-refractivity contribution in [2.24, 2.45) is 5.92 Å². The second-order valence-corrected chi connectivity index (χ2v) is 13.4. The van der Waals surface area contributed by atoms with Crippen molar-refractivity contribution in [3.8, 4) is 11.1 Å². The highest BCUT2D eigenvalue weighted by Crippen LogP contribution is 2.35. The fourth-order valence-corrected chi connectivity index (χ4v) is 7.25. The van der Waals surface area contributed by atoms with Crippen LogP contribution in [0.15, 0.2) is 46.2 Å². The summed E-state index contributed by atoms with van der Waals surface area (Å²) in [4.78, 5) is 26.3. The van der Waals surface area contributed by atoms with E-state index in [2.05, 4.69) is 10.6 Å². The highest BCUT2D eigenvalue weighted by Gasteiger charge is 2.32. The molecule has 1 aromatic heterocycles. The Morgan fingerprint density at radius 3 is 2.38 bits per heavy atom. The van der Waals surface area contributed by atoms with Crippen molar-refractivity contribution >= 4 is 26.7 Å². The highest BCUT2D eigenvalue weighted by molar-refractivity contribution is 7.89. The van der Waals surface area contributed by atoms with Gasteiger partial charge >= 0.3 is 0 Å². The maximum absolute atomic E-state index is 15.0. The average Bonchev–Trinajstić information content (AvgIpc) is 3.89. The number of nitrogens with zero attached hydrogens (tertiary/aromatic N) is 2. The monoisotopic (exact) mass is 566 g/mol. The number of nitrogens with one attached hydrogen (secondary N) is 2. The van der Waals surface area contributed by atoms with Gasteiger partial charge in [0.2, 0.25) is 10.0 Å². The molecule has 0 bridgehead atoms. The van der Waals surface area contributed by atoms with E-state index in [9.17, 15) is 18.0 Å². The van der Waals surface area contributed by atoms with Gasteiger partial charge in [0, 0.05) is 54.3 Å². The molecule has 0 unspecified atom stereocenters. The summed E-state index contributed by atoms with van der Waals surface area (Å²) in [7, 11) is -2.03. The van der Waals surface area contributed by atoms with Crippen LogP contribution < -0.4 is 16.2 Å². The van der Waals surface area contributed by atoms with E-state index in [1.807, 2.05) is 7.05 Å². The number of benzene rings is 2. The molecule has 2 heterocycles. The van der Waals surface area contributed by atoms with Crippen LogP contribution in [-0.4, -0.2) is 55.4 Å². The SMILES string of the molecule is CNC1CCN(S(=O)(=O)c2cn(CC3CC3)c(=O)c3ccc(-c4cc(C(=O)NC5CC5)cc(F)c4C)cc23)CC1. The molecule has 0 radical (unpaired) electrons. The van der Waals surface area contributed by atoms with Gasteiger partial charge in [0.25, 0.3) is 11.5 Å². The molecule has 1 saturated heterocycles. The summed E-state index contributed by atoms with van der Waals surface area (Å²) in [6.45, 7) is 2.90. The molecule has 40 heavy (non-hydrogen) atoms. The van der Waals surface area contributed by atoms with E-state index in [1.165, 1.54) is 16.6 Å². The summed E-state index contributed by atoms with van der Waals surface area (Å²) in [5, 5.41) is 6.75. The predicted molar refractivity (Wildman–Crippen MR) is 152 cm³/mol.